The molecular weight excluding hydrogens is 257 g/mol. The van der Waals surface area contributed by atoms with Crippen LogP contribution < -0.4 is 10.1 Å². The Labute approximate surface area is 117 Å². The normalized spacial score (nSPS) is 10.1. The first-order valence-corrected chi connectivity index (χ1v) is 6.44. The Balaban J connectivity index is 2.01. The Kier molecular flexibility index (Phi) is 4.71. The van der Waals surface area contributed by atoms with Gasteiger partial charge in [-0.15, -0.1) is 0 Å². The highest BCUT2D eigenvalue weighted by molar-refractivity contribution is 5.94. The molecule has 0 saturated heterocycles. The lowest BCUT2D eigenvalue weighted by Gasteiger charge is -2.08. The molecule has 0 atom stereocenters. The van der Waals surface area contributed by atoms with Gasteiger partial charge in [0, 0.05) is 12.1 Å². The van der Waals surface area contributed by atoms with Crippen LogP contribution in [0.3, 0.4) is 0 Å². The van der Waals surface area contributed by atoms with Crippen LogP contribution in [0.15, 0.2) is 48.5 Å². The average Bonchev–Trinajstić information content (AvgIpc) is 2.47. The monoisotopic (exact) mass is 273 g/mol. The molecule has 0 aliphatic heterocycles. The van der Waals surface area contributed by atoms with E-state index in [1.54, 1.807) is 36.4 Å². The smallest absolute Gasteiger partial charge is 0.251 e. The molecule has 2 rings (SSSR count). The summed E-state index contributed by atoms with van der Waals surface area (Å²) in [4.78, 5) is 11.7. The summed E-state index contributed by atoms with van der Waals surface area (Å²) in [6.45, 7) is 2.78. The van der Waals surface area contributed by atoms with Crippen molar-refractivity contribution in [3.63, 3.8) is 0 Å². The number of hydrogen-bond acceptors (Lipinski definition) is 2. The zero-order valence-corrected chi connectivity index (χ0v) is 11.2. The second-order valence-corrected chi connectivity index (χ2v) is 4.30. The van der Waals surface area contributed by atoms with E-state index < -0.39 is 0 Å². The molecule has 0 aromatic heterocycles. The lowest BCUT2D eigenvalue weighted by Crippen LogP contribution is -2.22. The van der Waals surface area contributed by atoms with Crippen LogP contribution in [0.25, 0.3) is 0 Å². The summed E-state index contributed by atoms with van der Waals surface area (Å²) in [5.74, 6) is 0.213. The molecule has 0 aliphatic rings. The van der Waals surface area contributed by atoms with Crippen molar-refractivity contribution in [3.05, 3.63) is 65.5 Å². The maximum Gasteiger partial charge on any atom is 0.251 e. The van der Waals surface area contributed by atoms with E-state index in [9.17, 15) is 9.18 Å². The summed E-state index contributed by atoms with van der Waals surface area (Å²) in [7, 11) is 0. The largest absolute Gasteiger partial charge is 0.489 e. The maximum absolute atomic E-state index is 12.8. The van der Waals surface area contributed by atoms with Gasteiger partial charge in [0.2, 0.25) is 0 Å². The molecule has 20 heavy (non-hydrogen) atoms. The van der Waals surface area contributed by atoms with E-state index in [1.165, 1.54) is 12.1 Å². The van der Waals surface area contributed by atoms with E-state index in [2.05, 4.69) is 5.32 Å². The van der Waals surface area contributed by atoms with Crippen molar-refractivity contribution in [2.45, 2.75) is 13.5 Å². The van der Waals surface area contributed by atoms with Crippen LogP contribution in [-0.4, -0.2) is 12.5 Å². The minimum Gasteiger partial charge on any atom is -0.489 e. The van der Waals surface area contributed by atoms with Crippen LogP contribution in [-0.2, 0) is 6.61 Å². The summed E-state index contributed by atoms with van der Waals surface area (Å²) < 4.78 is 18.4. The molecule has 0 radical (unpaired) electrons. The molecule has 104 valence electrons. The Hall–Kier alpha value is -2.36. The van der Waals surface area contributed by atoms with Gasteiger partial charge in [-0.25, -0.2) is 4.39 Å². The Bertz CT molecular complexity index is 581. The Morgan fingerprint density at radius 2 is 1.95 bits per heavy atom. The molecule has 1 N–H and O–H groups in total. The molecule has 4 heteroatoms. The summed E-state index contributed by atoms with van der Waals surface area (Å²) in [6.07, 6.45) is 0. The highest BCUT2D eigenvalue weighted by Gasteiger charge is 2.05. The van der Waals surface area contributed by atoms with E-state index in [0.717, 1.165) is 5.56 Å². The quantitative estimate of drug-likeness (QED) is 0.908. The molecule has 0 bridgehead atoms. The van der Waals surface area contributed by atoms with Gasteiger partial charge in [-0.1, -0.05) is 18.2 Å². The lowest BCUT2D eigenvalue weighted by molar-refractivity contribution is 0.0955. The fourth-order valence-electron chi connectivity index (χ4n) is 1.74. The van der Waals surface area contributed by atoms with E-state index in [-0.39, 0.29) is 11.7 Å². The van der Waals surface area contributed by atoms with Crippen molar-refractivity contribution >= 4 is 5.91 Å². The second kappa shape index (κ2) is 6.70. The summed E-state index contributed by atoms with van der Waals surface area (Å²) in [5, 5.41) is 2.73. The highest BCUT2D eigenvalue weighted by Crippen LogP contribution is 2.15. The zero-order valence-electron chi connectivity index (χ0n) is 11.2. The summed E-state index contributed by atoms with van der Waals surface area (Å²) in [5.41, 5.74) is 1.43. The highest BCUT2D eigenvalue weighted by atomic mass is 19.1. The van der Waals surface area contributed by atoms with Crippen LogP contribution in [0.2, 0.25) is 0 Å². The summed E-state index contributed by atoms with van der Waals surface area (Å²) >= 11 is 0. The van der Waals surface area contributed by atoms with Crippen LogP contribution in [0.4, 0.5) is 4.39 Å². The minimum atomic E-state index is -0.271. The molecule has 0 fully saturated rings. The number of nitrogens with one attached hydrogen (secondary N) is 1. The van der Waals surface area contributed by atoms with Gasteiger partial charge in [-0.05, 0) is 42.8 Å². The van der Waals surface area contributed by atoms with Crippen molar-refractivity contribution in [2.24, 2.45) is 0 Å². The van der Waals surface area contributed by atoms with E-state index in [1.807, 2.05) is 6.92 Å². The van der Waals surface area contributed by atoms with Gasteiger partial charge >= 0.3 is 0 Å². The molecule has 2 aromatic carbocycles. The molecular formula is C16H16FNO2. The predicted octanol–water partition coefficient (Wildman–Crippen LogP) is 3.15. The van der Waals surface area contributed by atoms with E-state index in [4.69, 9.17) is 4.74 Å². The van der Waals surface area contributed by atoms with Gasteiger partial charge in [0.15, 0.2) is 0 Å². The van der Waals surface area contributed by atoms with Gasteiger partial charge in [0.1, 0.15) is 18.2 Å². The van der Waals surface area contributed by atoms with Gasteiger partial charge in [0.25, 0.3) is 5.91 Å². The van der Waals surface area contributed by atoms with Crippen molar-refractivity contribution in [1.29, 1.82) is 0 Å². The number of ether oxygens (including phenoxy) is 1. The van der Waals surface area contributed by atoms with Gasteiger partial charge < -0.3 is 10.1 Å². The first kappa shape index (κ1) is 14.1. The SMILES string of the molecule is CCNC(=O)c1cccc(OCc2ccc(F)cc2)c1. The molecule has 3 nitrogen and oxygen atoms in total. The van der Waals surface area contributed by atoms with Crippen LogP contribution >= 0.6 is 0 Å². The van der Waals surface area contributed by atoms with E-state index >= 15 is 0 Å². The fraction of sp³-hybridized carbons (Fsp3) is 0.188. The lowest BCUT2D eigenvalue weighted by atomic mass is 10.2. The maximum atomic E-state index is 12.8. The molecule has 2 aromatic rings. The molecule has 0 heterocycles. The van der Waals surface area contributed by atoms with Crippen LogP contribution in [0.1, 0.15) is 22.8 Å². The van der Waals surface area contributed by atoms with E-state index in [0.29, 0.717) is 24.5 Å². The minimum absolute atomic E-state index is 0.125. The molecule has 0 saturated carbocycles. The number of halogens is 1. The number of hydrogen-bond donors (Lipinski definition) is 1. The second-order valence-electron chi connectivity index (χ2n) is 4.30. The van der Waals surface area contributed by atoms with Crippen molar-refractivity contribution in [2.75, 3.05) is 6.54 Å². The topological polar surface area (TPSA) is 38.3 Å². The van der Waals surface area contributed by atoms with Gasteiger partial charge in [0.05, 0.1) is 0 Å². The number of rotatable bonds is 5. The average molecular weight is 273 g/mol. The first-order valence-electron chi connectivity index (χ1n) is 6.44. The number of carbonyl (C=O) groups is 1. The Morgan fingerprint density at radius 1 is 1.20 bits per heavy atom. The third-order valence-electron chi connectivity index (χ3n) is 2.75. The first-order chi connectivity index (χ1) is 9.69. The molecule has 1 amide bonds. The van der Waals surface area contributed by atoms with Crippen LogP contribution in [0.5, 0.6) is 5.75 Å². The third-order valence-corrected chi connectivity index (χ3v) is 2.75. The Morgan fingerprint density at radius 3 is 2.65 bits per heavy atom. The predicted molar refractivity (Wildman–Crippen MR) is 75.2 cm³/mol. The van der Waals surface area contributed by atoms with Crippen molar-refractivity contribution < 1.29 is 13.9 Å². The number of carbonyl (C=O) groups excluding carboxylic acids is 1. The molecule has 0 aliphatic carbocycles. The summed E-state index contributed by atoms with van der Waals surface area (Å²) in [6, 6.07) is 13.1. The van der Waals surface area contributed by atoms with Gasteiger partial charge in [-0.3, -0.25) is 4.79 Å². The van der Waals surface area contributed by atoms with Gasteiger partial charge in [-0.2, -0.15) is 0 Å². The molecule has 0 spiro atoms. The van der Waals surface area contributed by atoms with Crippen LogP contribution in [0, 0.1) is 5.82 Å². The number of benzene rings is 2. The van der Waals surface area contributed by atoms with Crippen molar-refractivity contribution in [1.82, 2.24) is 5.32 Å². The fourth-order valence-corrected chi connectivity index (χ4v) is 1.74. The van der Waals surface area contributed by atoms with Crippen molar-refractivity contribution in [3.8, 4) is 5.75 Å². The zero-order chi connectivity index (χ0) is 14.4. The number of amides is 1. The molecule has 0 unspecified atom stereocenters. The standard InChI is InChI=1S/C16H16FNO2/c1-2-18-16(19)13-4-3-5-15(10-13)20-11-12-6-8-14(17)9-7-12/h3-10H,2,11H2,1H3,(H,18,19). The third kappa shape index (κ3) is 3.82.